The van der Waals surface area contributed by atoms with Crippen LogP contribution in [0.2, 0.25) is 0 Å². The van der Waals surface area contributed by atoms with Gasteiger partial charge in [-0.05, 0) is 43.9 Å². The van der Waals surface area contributed by atoms with Crippen molar-refractivity contribution in [2.75, 3.05) is 26.8 Å². The topological polar surface area (TPSA) is 76.8 Å². The van der Waals surface area contributed by atoms with Crippen molar-refractivity contribution in [3.8, 4) is 5.75 Å². The van der Waals surface area contributed by atoms with Gasteiger partial charge in [-0.3, -0.25) is 0 Å². The number of nitrogens with one attached hydrogen (secondary N) is 1. The number of nitrogens with zero attached hydrogens (tertiary/aromatic N) is 5. The molecule has 30 heavy (non-hydrogen) atoms. The van der Waals surface area contributed by atoms with Gasteiger partial charge in [-0.25, -0.2) is 4.99 Å². The van der Waals surface area contributed by atoms with Gasteiger partial charge in [0.15, 0.2) is 11.8 Å². The summed E-state index contributed by atoms with van der Waals surface area (Å²) in [6.45, 7) is 6.02. The van der Waals surface area contributed by atoms with Gasteiger partial charge >= 0.3 is 0 Å². The Hall–Kier alpha value is -2.61. The fraction of sp³-hybridized carbons (Fsp3) is 0.591. The summed E-state index contributed by atoms with van der Waals surface area (Å²) in [4.78, 5) is 7.33. The van der Waals surface area contributed by atoms with E-state index >= 15 is 0 Å². The Morgan fingerprint density at radius 3 is 2.83 bits per heavy atom. The van der Waals surface area contributed by atoms with E-state index in [1.54, 1.807) is 7.11 Å². The van der Waals surface area contributed by atoms with E-state index in [9.17, 15) is 0 Å². The lowest BCUT2D eigenvalue weighted by Crippen LogP contribution is -2.52. The molecule has 2 aliphatic rings. The van der Waals surface area contributed by atoms with Crippen molar-refractivity contribution in [3.63, 3.8) is 0 Å². The maximum absolute atomic E-state index is 5.99. The van der Waals surface area contributed by atoms with Crippen LogP contribution in [0, 0.1) is 12.8 Å². The van der Waals surface area contributed by atoms with Crippen LogP contribution in [0.25, 0.3) is 0 Å². The average Bonchev–Trinajstić information content (AvgIpc) is 3.11. The van der Waals surface area contributed by atoms with Gasteiger partial charge in [0, 0.05) is 32.7 Å². The number of aliphatic imine (C=N–C) groups is 1. The summed E-state index contributed by atoms with van der Waals surface area (Å²) in [5.41, 5.74) is 1.15. The van der Waals surface area contributed by atoms with Gasteiger partial charge in [-0.1, -0.05) is 12.1 Å². The molecule has 0 spiro atoms. The molecule has 8 heteroatoms. The van der Waals surface area contributed by atoms with Crippen LogP contribution in [0.3, 0.4) is 0 Å². The van der Waals surface area contributed by atoms with Gasteiger partial charge in [0.05, 0.1) is 26.3 Å². The number of aromatic nitrogens is 3. The van der Waals surface area contributed by atoms with E-state index in [1.807, 2.05) is 30.7 Å². The van der Waals surface area contributed by atoms with Crippen LogP contribution in [-0.4, -0.2) is 58.5 Å². The summed E-state index contributed by atoms with van der Waals surface area (Å²) >= 11 is 0. The van der Waals surface area contributed by atoms with Crippen molar-refractivity contribution >= 4 is 5.96 Å². The minimum Gasteiger partial charge on any atom is -0.497 e. The van der Waals surface area contributed by atoms with Crippen molar-refractivity contribution in [3.05, 3.63) is 41.5 Å². The van der Waals surface area contributed by atoms with Gasteiger partial charge in [0.1, 0.15) is 11.6 Å². The number of aryl methyl sites for hydroxylation is 1. The predicted molar refractivity (Wildman–Crippen MR) is 115 cm³/mol. The molecule has 2 saturated heterocycles. The average molecular weight is 413 g/mol. The predicted octanol–water partition coefficient (Wildman–Crippen LogP) is 2.28. The number of methoxy groups -OCH3 is 1. The molecule has 3 heterocycles. The van der Waals surface area contributed by atoms with Crippen LogP contribution in [0.1, 0.15) is 36.5 Å². The van der Waals surface area contributed by atoms with Crippen molar-refractivity contribution in [1.82, 2.24) is 25.0 Å². The first kappa shape index (κ1) is 20.7. The molecule has 162 valence electrons. The molecule has 0 amide bonds. The van der Waals surface area contributed by atoms with Gasteiger partial charge in [-0.2, -0.15) is 0 Å². The van der Waals surface area contributed by atoms with Crippen molar-refractivity contribution in [2.24, 2.45) is 18.0 Å². The minimum absolute atomic E-state index is 0.402. The Kier molecular flexibility index (Phi) is 6.52. The zero-order valence-corrected chi connectivity index (χ0v) is 18.2. The summed E-state index contributed by atoms with van der Waals surface area (Å²) in [7, 11) is 3.67. The van der Waals surface area contributed by atoms with Crippen LogP contribution in [0.4, 0.5) is 0 Å². The third-order valence-corrected chi connectivity index (χ3v) is 6.17. The summed E-state index contributed by atoms with van der Waals surface area (Å²) in [6, 6.07) is 8.08. The third kappa shape index (κ3) is 4.75. The lowest BCUT2D eigenvalue weighted by molar-refractivity contribution is -0.0559. The molecule has 4 rings (SSSR count). The summed E-state index contributed by atoms with van der Waals surface area (Å²) in [5.74, 6) is 4.18. The second-order valence-electron chi connectivity index (χ2n) is 8.11. The third-order valence-electron chi connectivity index (χ3n) is 6.17. The fourth-order valence-corrected chi connectivity index (χ4v) is 4.21. The number of hydrogen-bond donors (Lipinski definition) is 1. The number of rotatable bonds is 5. The van der Waals surface area contributed by atoms with Crippen LogP contribution in [0.5, 0.6) is 5.75 Å². The molecule has 1 aromatic carbocycles. The Morgan fingerprint density at radius 1 is 1.27 bits per heavy atom. The highest BCUT2D eigenvalue weighted by Crippen LogP contribution is 2.28. The van der Waals surface area contributed by atoms with Crippen molar-refractivity contribution in [1.29, 1.82) is 0 Å². The first-order valence-corrected chi connectivity index (χ1v) is 10.8. The summed E-state index contributed by atoms with van der Waals surface area (Å²) in [6.07, 6.45) is 3.84. The lowest BCUT2D eigenvalue weighted by atomic mass is 9.88. The smallest absolute Gasteiger partial charge is 0.194 e. The number of guanidine groups is 1. The molecule has 1 N–H and O–H groups in total. The highest BCUT2D eigenvalue weighted by molar-refractivity contribution is 5.80. The first-order valence-electron chi connectivity index (χ1n) is 10.8. The zero-order valence-electron chi connectivity index (χ0n) is 18.2. The fourth-order valence-electron chi connectivity index (χ4n) is 4.21. The molecule has 0 saturated carbocycles. The van der Waals surface area contributed by atoms with E-state index in [2.05, 4.69) is 32.5 Å². The highest BCUT2D eigenvalue weighted by atomic mass is 16.5. The largest absolute Gasteiger partial charge is 0.497 e. The molecule has 2 fully saturated rings. The molecule has 2 aromatic rings. The number of fused-ring (bicyclic) bond motifs is 1. The van der Waals surface area contributed by atoms with Gasteiger partial charge in [-0.15, -0.1) is 10.2 Å². The minimum atomic E-state index is 0.402. The molecule has 2 aliphatic heterocycles. The zero-order chi connectivity index (χ0) is 20.9. The van der Waals surface area contributed by atoms with Crippen molar-refractivity contribution < 1.29 is 9.47 Å². The van der Waals surface area contributed by atoms with Gasteiger partial charge < -0.3 is 24.3 Å². The molecule has 2 atom stereocenters. The maximum Gasteiger partial charge on any atom is 0.194 e. The van der Waals surface area contributed by atoms with E-state index in [-0.39, 0.29) is 0 Å². The SMILES string of the molecule is COc1ccc(CN=C(NCc2nnc(C)n2C)N2CCC3OCCCC3C2)cc1. The number of piperidine rings is 1. The van der Waals surface area contributed by atoms with E-state index in [0.717, 1.165) is 61.5 Å². The lowest BCUT2D eigenvalue weighted by Gasteiger charge is -2.42. The highest BCUT2D eigenvalue weighted by Gasteiger charge is 2.33. The molecule has 0 bridgehead atoms. The number of hydrogen-bond acceptors (Lipinski definition) is 5. The monoisotopic (exact) mass is 412 g/mol. The van der Waals surface area contributed by atoms with E-state index in [0.29, 0.717) is 25.1 Å². The van der Waals surface area contributed by atoms with E-state index < -0.39 is 0 Å². The number of ether oxygens (including phenoxy) is 2. The normalized spacial score (nSPS) is 22.0. The van der Waals surface area contributed by atoms with E-state index in [4.69, 9.17) is 14.5 Å². The summed E-state index contributed by atoms with van der Waals surface area (Å²) < 4.78 is 13.3. The van der Waals surface area contributed by atoms with Crippen molar-refractivity contribution in [2.45, 2.75) is 45.4 Å². The molecular weight excluding hydrogens is 380 g/mol. The molecule has 2 unspecified atom stereocenters. The molecule has 1 aromatic heterocycles. The first-order chi connectivity index (χ1) is 14.6. The maximum atomic E-state index is 5.99. The number of benzene rings is 1. The van der Waals surface area contributed by atoms with Crippen LogP contribution in [0.15, 0.2) is 29.3 Å². The van der Waals surface area contributed by atoms with E-state index in [1.165, 1.54) is 6.42 Å². The van der Waals surface area contributed by atoms with Crippen LogP contribution < -0.4 is 10.1 Å². The van der Waals surface area contributed by atoms with Crippen LogP contribution in [-0.2, 0) is 24.9 Å². The Bertz CT molecular complexity index is 863. The van der Waals surface area contributed by atoms with Gasteiger partial charge in [0.25, 0.3) is 0 Å². The standard InChI is InChI=1S/C22H32N6O2/c1-16-25-26-21(27(16)2)14-24-22(23-13-17-6-8-19(29-3)9-7-17)28-11-10-20-18(15-28)5-4-12-30-20/h6-9,18,20H,4-5,10-15H2,1-3H3,(H,23,24). The molecule has 8 nitrogen and oxygen atoms in total. The molecular formula is C22H32N6O2. The van der Waals surface area contributed by atoms with Crippen LogP contribution >= 0.6 is 0 Å². The summed E-state index contributed by atoms with van der Waals surface area (Å²) in [5, 5.41) is 12.0. The second kappa shape index (κ2) is 9.47. The van der Waals surface area contributed by atoms with Gasteiger partial charge in [0.2, 0.25) is 0 Å². The second-order valence-corrected chi connectivity index (χ2v) is 8.11. The Morgan fingerprint density at radius 2 is 2.10 bits per heavy atom. The molecule has 0 aliphatic carbocycles. The Balaban J connectivity index is 1.48. The Labute approximate surface area is 178 Å². The molecule has 0 radical (unpaired) electrons. The number of likely N-dealkylation sites (tertiary alicyclic amines) is 1. The quantitative estimate of drug-likeness (QED) is 0.600.